The van der Waals surface area contributed by atoms with Gasteiger partial charge < -0.3 is 10.1 Å². The summed E-state index contributed by atoms with van der Waals surface area (Å²) in [5.41, 5.74) is 1.04. The fourth-order valence-electron chi connectivity index (χ4n) is 2.43. The Bertz CT molecular complexity index is 957. The summed E-state index contributed by atoms with van der Waals surface area (Å²) in [4.78, 5) is 16.7. The van der Waals surface area contributed by atoms with Crippen LogP contribution in [0.3, 0.4) is 0 Å². The Morgan fingerprint density at radius 2 is 2.12 bits per heavy atom. The molecule has 0 saturated heterocycles. The average molecular weight is 337 g/mol. The molecule has 0 unspecified atom stereocenters. The van der Waals surface area contributed by atoms with Crippen molar-refractivity contribution in [2.75, 3.05) is 7.05 Å². The number of benzene rings is 1. The Labute approximate surface area is 143 Å². The van der Waals surface area contributed by atoms with Crippen LogP contribution in [0.2, 0.25) is 0 Å². The van der Waals surface area contributed by atoms with Crippen molar-refractivity contribution in [1.82, 2.24) is 10.3 Å². The van der Waals surface area contributed by atoms with E-state index in [1.165, 1.54) is 6.20 Å². The Morgan fingerprint density at radius 1 is 1.33 bits per heavy atom. The second kappa shape index (κ2) is 6.69. The zero-order valence-electron chi connectivity index (χ0n) is 13.3. The number of carbonyl (C=O) groups excluding carboxylic acids is 1. The molecule has 0 aliphatic carbocycles. The predicted octanol–water partition coefficient (Wildman–Crippen LogP) is 3.88. The van der Waals surface area contributed by atoms with Crippen LogP contribution < -0.4 is 10.1 Å². The number of aryl methyl sites for hydroxylation is 1. The Kier molecular flexibility index (Phi) is 4.45. The number of carbonyl (C=O) groups is 1. The molecule has 0 radical (unpaired) electrons. The molecule has 0 aliphatic rings. The van der Waals surface area contributed by atoms with Gasteiger partial charge in [-0.25, -0.2) is 0 Å². The van der Waals surface area contributed by atoms with Crippen LogP contribution in [0.25, 0.3) is 10.1 Å². The Hall–Kier alpha value is -2.91. The van der Waals surface area contributed by atoms with E-state index in [0.717, 1.165) is 26.9 Å². The van der Waals surface area contributed by atoms with Crippen LogP contribution in [0.15, 0.2) is 36.5 Å². The molecule has 1 aromatic carbocycles. The zero-order chi connectivity index (χ0) is 17.1. The summed E-state index contributed by atoms with van der Waals surface area (Å²) in [6, 6.07) is 11.2. The normalized spacial score (nSPS) is 10.4. The lowest BCUT2D eigenvalue weighted by molar-refractivity contribution is 0.0958. The maximum Gasteiger partial charge on any atom is 0.269 e. The van der Waals surface area contributed by atoms with E-state index in [1.54, 1.807) is 30.5 Å². The fourth-order valence-corrected chi connectivity index (χ4v) is 3.55. The zero-order valence-corrected chi connectivity index (χ0v) is 14.1. The molecule has 0 atom stereocenters. The molecule has 3 rings (SSSR count). The van der Waals surface area contributed by atoms with Crippen LogP contribution >= 0.6 is 11.3 Å². The Morgan fingerprint density at radius 3 is 2.83 bits per heavy atom. The van der Waals surface area contributed by atoms with Crippen molar-refractivity contribution in [3.63, 3.8) is 0 Å². The number of amides is 1. The number of hydrogen-bond donors (Lipinski definition) is 1. The van der Waals surface area contributed by atoms with Gasteiger partial charge in [-0.1, -0.05) is 6.92 Å². The SMILES string of the molecule is CCc1sc2cc(Oc3ccnc(C(=O)NC)c3)ccc2c1C#N. The summed E-state index contributed by atoms with van der Waals surface area (Å²) in [5.74, 6) is 0.932. The minimum Gasteiger partial charge on any atom is -0.457 e. The fraction of sp³-hybridized carbons (Fsp3) is 0.167. The van der Waals surface area contributed by atoms with Gasteiger partial charge in [-0.15, -0.1) is 11.3 Å². The third-order valence-corrected chi connectivity index (χ3v) is 4.89. The van der Waals surface area contributed by atoms with E-state index in [2.05, 4.69) is 16.4 Å². The first-order valence-electron chi connectivity index (χ1n) is 7.47. The van der Waals surface area contributed by atoms with Crippen LogP contribution in [-0.4, -0.2) is 17.9 Å². The first kappa shape index (κ1) is 16.0. The van der Waals surface area contributed by atoms with E-state index < -0.39 is 0 Å². The molecule has 2 heterocycles. The van der Waals surface area contributed by atoms with Gasteiger partial charge in [0, 0.05) is 34.3 Å². The minimum absolute atomic E-state index is 0.264. The van der Waals surface area contributed by atoms with Gasteiger partial charge in [0.05, 0.1) is 5.56 Å². The highest BCUT2D eigenvalue weighted by atomic mass is 32.1. The van der Waals surface area contributed by atoms with Crippen LogP contribution in [0.1, 0.15) is 27.9 Å². The van der Waals surface area contributed by atoms with Crippen molar-refractivity contribution in [3.8, 4) is 17.6 Å². The van der Waals surface area contributed by atoms with Crippen molar-refractivity contribution < 1.29 is 9.53 Å². The lowest BCUT2D eigenvalue weighted by Gasteiger charge is -2.07. The molecule has 0 bridgehead atoms. The maximum atomic E-state index is 11.6. The number of nitriles is 1. The maximum absolute atomic E-state index is 11.6. The van der Waals surface area contributed by atoms with Crippen LogP contribution in [0.4, 0.5) is 0 Å². The summed E-state index contributed by atoms with van der Waals surface area (Å²) in [7, 11) is 1.56. The van der Waals surface area contributed by atoms with E-state index in [0.29, 0.717) is 17.2 Å². The van der Waals surface area contributed by atoms with E-state index in [4.69, 9.17) is 4.74 Å². The van der Waals surface area contributed by atoms with Gasteiger partial charge in [-0.2, -0.15) is 5.26 Å². The molecular formula is C18H15N3O2S. The third kappa shape index (κ3) is 2.94. The molecule has 0 fully saturated rings. The van der Waals surface area contributed by atoms with Crippen LogP contribution in [0, 0.1) is 11.3 Å². The number of fused-ring (bicyclic) bond motifs is 1. The molecule has 0 aliphatic heterocycles. The molecular weight excluding hydrogens is 322 g/mol. The van der Waals surface area contributed by atoms with Crippen molar-refractivity contribution in [3.05, 3.63) is 52.7 Å². The molecule has 1 amide bonds. The van der Waals surface area contributed by atoms with Crippen LogP contribution in [0.5, 0.6) is 11.5 Å². The highest BCUT2D eigenvalue weighted by molar-refractivity contribution is 7.19. The quantitative estimate of drug-likeness (QED) is 0.784. The number of pyridine rings is 1. The number of thiophene rings is 1. The summed E-state index contributed by atoms with van der Waals surface area (Å²) < 4.78 is 6.86. The minimum atomic E-state index is -0.264. The lowest BCUT2D eigenvalue weighted by Crippen LogP contribution is -2.18. The number of aromatic nitrogens is 1. The highest BCUT2D eigenvalue weighted by Gasteiger charge is 2.12. The van der Waals surface area contributed by atoms with Gasteiger partial charge in [0.2, 0.25) is 0 Å². The summed E-state index contributed by atoms with van der Waals surface area (Å²) >= 11 is 1.61. The first-order valence-corrected chi connectivity index (χ1v) is 8.29. The smallest absolute Gasteiger partial charge is 0.269 e. The highest BCUT2D eigenvalue weighted by Crippen LogP contribution is 2.35. The molecule has 0 spiro atoms. The summed E-state index contributed by atoms with van der Waals surface area (Å²) in [6.45, 7) is 2.04. The monoisotopic (exact) mass is 337 g/mol. The standard InChI is InChI=1S/C18H15N3O2S/c1-3-16-14(10-19)13-5-4-11(9-17(13)24-16)23-12-6-7-21-15(8-12)18(22)20-2/h4-9H,3H2,1-2H3,(H,20,22). The van der Waals surface area contributed by atoms with Crippen molar-refractivity contribution in [1.29, 1.82) is 5.26 Å². The van der Waals surface area contributed by atoms with Gasteiger partial charge in [0.15, 0.2) is 0 Å². The largest absolute Gasteiger partial charge is 0.457 e. The predicted molar refractivity (Wildman–Crippen MR) is 93.6 cm³/mol. The summed E-state index contributed by atoms with van der Waals surface area (Å²) in [5, 5.41) is 12.8. The number of rotatable bonds is 4. The van der Waals surface area contributed by atoms with Crippen molar-refractivity contribution >= 4 is 27.3 Å². The van der Waals surface area contributed by atoms with Crippen molar-refractivity contribution in [2.45, 2.75) is 13.3 Å². The molecule has 2 aromatic heterocycles. The molecule has 3 aromatic rings. The molecule has 0 saturated carbocycles. The number of hydrogen-bond acceptors (Lipinski definition) is 5. The molecule has 24 heavy (non-hydrogen) atoms. The topological polar surface area (TPSA) is 75.0 Å². The van der Waals surface area contributed by atoms with Crippen molar-refractivity contribution in [2.24, 2.45) is 0 Å². The number of nitrogens with one attached hydrogen (secondary N) is 1. The average Bonchev–Trinajstić information content (AvgIpc) is 2.98. The third-order valence-electron chi connectivity index (χ3n) is 3.59. The van der Waals surface area contributed by atoms with Gasteiger partial charge in [-0.05, 0) is 30.7 Å². The lowest BCUT2D eigenvalue weighted by atomic mass is 10.1. The second-order valence-electron chi connectivity index (χ2n) is 5.08. The van der Waals surface area contributed by atoms with Crippen LogP contribution in [-0.2, 0) is 6.42 Å². The first-order chi connectivity index (χ1) is 11.7. The van der Waals surface area contributed by atoms with E-state index in [1.807, 2.05) is 25.1 Å². The van der Waals surface area contributed by atoms with E-state index in [9.17, 15) is 10.1 Å². The van der Waals surface area contributed by atoms with Gasteiger partial charge >= 0.3 is 0 Å². The van der Waals surface area contributed by atoms with E-state index >= 15 is 0 Å². The molecule has 6 heteroatoms. The molecule has 1 N–H and O–H groups in total. The molecule has 5 nitrogen and oxygen atoms in total. The Balaban J connectivity index is 1.94. The number of ether oxygens (including phenoxy) is 1. The number of nitrogens with zero attached hydrogens (tertiary/aromatic N) is 2. The second-order valence-corrected chi connectivity index (χ2v) is 6.22. The molecule has 120 valence electrons. The van der Waals surface area contributed by atoms with Gasteiger partial charge in [0.25, 0.3) is 5.91 Å². The van der Waals surface area contributed by atoms with Gasteiger partial charge in [0.1, 0.15) is 23.3 Å². The van der Waals surface area contributed by atoms with E-state index in [-0.39, 0.29) is 5.91 Å². The summed E-state index contributed by atoms with van der Waals surface area (Å²) in [6.07, 6.45) is 2.37. The van der Waals surface area contributed by atoms with Gasteiger partial charge in [-0.3, -0.25) is 9.78 Å².